The second-order valence-electron chi connectivity index (χ2n) is 4.91. The summed E-state index contributed by atoms with van der Waals surface area (Å²) in [5.41, 5.74) is 0.841. The number of rotatable bonds is 4. The summed E-state index contributed by atoms with van der Waals surface area (Å²) in [4.78, 5) is 14.0. The molecular weight excluding hydrogens is 270 g/mol. The zero-order valence-electron chi connectivity index (χ0n) is 12.7. The molecule has 2 rings (SSSR count). The minimum Gasteiger partial charge on any atom is -0.497 e. The minimum absolute atomic E-state index is 0.0111. The van der Waals surface area contributed by atoms with Gasteiger partial charge < -0.3 is 19.1 Å². The Bertz CT molecular complexity index is 527. The SMILES string of the molecule is COc1ccc(/C=C/C(=O)N2CCOC(C)C2)c(OC)c1. The van der Waals surface area contributed by atoms with E-state index < -0.39 is 0 Å². The summed E-state index contributed by atoms with van der Waals surface area (Å²) in [7, 11) is 3.20. The number of methoxy groups -OCH3 is 2. The monoisotopic (exact) mass is 291 g/mol. The van der Waals surface area contributed by atoms with Gasteiger partial charge in [-0.2, -0.15) is 0 Å². The minimum atomic E-state index is -0.0111. The number of hydrogen-bond donors (Lipinski definition) is 0. The zero-order chi connectivity index (χ0) is 15.2. The molecule has 0 aliphatic carbocycles. The topological polar surface area (TPSA) is 48.0 Å². The van der Waals surface area contributed by atoms with Crippen LogP contribution in [0.25, 0.3) is 6.08 Å². The highest BCUT2D eigenvalue weighted by Gasteiger charge is 2.19. The number of carbonyl (C=O) groups is 1. The lowest BCUT2D eigenvalue weighted by Gasteiger charge is -2.30. The highest BCUT2D eigenvalue weighted by molar-refractivity contribution is 5.92. The van der Waals surface area contributed by atoms with E-state index in [0.29, 0.717) is 25.4 Å². The van der Waals surface area contributed by atoms with Crippen molar-refractivity contribution in [3.8, 4) is 11.5 Å². The molecule has 114 valence electrons. The summed E-state index contributed by atoms with van der Waals surface area (Å²) < 4.78 is 15.9. The third-order valence-electron chi connectivity index (χ3n) is 3.40. The van der Waals surface area contributed by atoms with E-state index in [0.717, 1.165) is 11.3 Å². The van der Waals surface area contributed by atoms with Crippen LogP contribution >= 0.6 is 0 Å². The van der Waals surface area contributed by atoms with Gasteiger partial charge >= 0.3 is 0 Å². The van der Waals surface area contributed by atoms with Gasteiger partial charge in [0.2, 0.25) is 5.91 Å². The molecule has 5 nitrogen and oxygen atoms in total. The zero-order valence-corrected chi connectivity index (χ0v) is 12.7. The molecule has 1 aliphatic heterocycles. The van der Waals surface area contributed by atoms with Crippen LogP contribution in [0, 0.1) is 0 Å². The van der Waals surface area contributed by atoms with Crippen molar-refractivity contribution in [1.82, 2.24) is 4.90 Å². The quantitative estimate of drug-likeness (QED) is 0.796. The predicted octanol–water partition coefficient (Wildman–Crippen LogP) is 1.96. The van der Waals surface area contributed by atoms with Gasteiger partial charge in [0.05, 0.1) is 26.9 Å². The summed E-state index contributed by atoms with van der Waals surface area (Å²) >= 11 is 0. The number of benzene rings is 1. The van der Waals surface area contributed by atoms with Gasteiger partial charge in [0.15, 0.2) is 0 Å². The molecule has 0 saturated carbocycles. The van der Waals surface area contributed by atoms with E-state index in [-0.39, 0.29) is 12.0 Å². The molecule has 1 heterocycles. The van der Waals surface area contributed by atoms with Gasteiger partial charge in [-0.05, 0) is 25.1 Å². The van der Waals surface area contributed by atoms with Crippen molar-refractivity contribution in [2.75, 3.05) is 33.9 Å². The van der Waals surface area contributed by atoms with E-state index in [1.165, 1.54) is 0 Å². The van der Waals surface area contributed by atoms with Gasteiger partial charge in [0, 0.05) is 30.8 Å². The lowest BCUT2D eigenvalue weighted by Crippen LogP contribution is -2.43. The number of morpholine rings is 1. The van der Waals surface area contributed by atoms with Crippen LogP contribution in [-0.2, 0) is 9.53 Å². The normalized spacial score (nSPS) is 18.8. The second kappa shape index (κ2) is 7.13. The fraction of sp³-hybridized carbons (Fsp3) is 0.438. The molecule has 0 radical (unpaired) electrons. The average Bonchev–Trinajstić information content (AvgIpc) is 2.52. The first-order valence-corrected chi connectivity index (χ1v) is 6.94. The molecule has 0 bridgehead atoms. The number of carbonyl (C=O) groups excluding carboxylic acids is 1. The Morgan fingerprint density at radius 2 is 2.19 bits per heavy atom. The average molecular weight is 291 g/mol. The highest BCUT2D eigenvalue weighted by Crippen LogP contribution is 2.25. The van der Waals surface area contributed by atoms with Crippen LogP contribution in [0.3, 0.4) is 0 Å². The van der Waals surface area contributed by atoms with Crippen molar-refractivity contribution in [1.29, 1.82) is 0 Å². The summed E-state index contributed by atoms with van der Waals surface area (Å²) in [6.07, 6.45) is 3.43. The maximum absolute atomic E-state index is 12.2. The van der Waals surface area contributed by atoms with E-state index in [9.17, 15) is 4.79 Å². The maximum atomic E-state index is 12.2. The molecule has 0 aromatic heterocycles. The first kappa shape index (κ1) is 15.4. The van der Waals surface area contributed by atoms with Crippen molar-refractivity contribution in [2.45, 2.75) is 13.0 Å². The molecule has 1 amide bonds. The van der Waals surface area contributed by atoms with Crippen molar-refractivity contribution in [3.63, 3.8) is 0 Å². The van der Waals surface area contributed by atoms with Gasteiger partial charge in [0.1, 0.15) is 11.5 Å². The fourth-order valence-electron chi connectivity index (χ4n) is 2.24. The Kier molecular flexibility index (Phi) is 5.22. The lowest BCUT2D eigenvalue weighted by molar-refractivity contribution is -0.132. The first-order chi connectivity index (χ1) is 10.1. The Hall–Kier alpha value is -2.01. The standard InChI is InChI=1S/C16H21NO4/c1-12-11-17(8-9-21-12)16(18)7-5-13-4-6-14(19-2)10-15(13)20-3/h4-7,10,12H,8-9,11H2,1-3H3/b7-5+. The van der Waals surface area contributed by atoms with E-state index >= 15 is 0 Å². The third kappa shape index (κ3) is 3.98. The van der Waals surface area contributed by atoms with Gasteiger partial charge in [-0.15, -0.1) is 0 Å². The van der Waals surface area contributed by atoms with Crippen LogP contribution in [0.15, 0.2) is 24.3 Å². The molecule has 1 aromatic carbocycles. The van der Waals surface area contributed by atoms with Crippen LogP contribution in [0.1, 0.15) is 12.5 Å². The molecule has 21 heavy (non-hydrogen) atoms. The van der Waals surface area contributed by atoms with Gasteiger partial charge in [-0.25, -0.2) is 0 Å². The number of hydrogen-bond acceptors (Lipinski definition) is 4. The Morgan fingerprint density at radius 1 is 1.38 bits per heavy atom. The molecular formula is C16H21NO4. The van der Waals surface area contributed by atoms with Crippen LogP contribution in [0.5, 0.6) is 11.5 Å². The van der Waals surface area contributed by atoms with Crippen molar-refractivity contribution in [3.05, 3.63) is 29.8 Å². The molecule has 1 fully saturated rings. The van der Waals surface area contributed by atoms with E-state index in [1.54, 1.807) is 37.3 Å². The molecule has 1 aromatic rings. The number of amides is 1. The summed E-state index contributed by atoms with van der Waals surface area (Å²) in [5.74, 6) is 1.38. The second-order valence-corrected chi connectivity index (χ2v) is 4.91. The largest absolute Gasteiger partial charge is 0.497 e. The van der Waals surface area contributed by atoms with Crippen molar-refractivity contribution < 1.29 is 19.0 Å². The highest BCUT2D eigenvalue weighted by atomic mass is 16.5. The lowest BCUT2D eigenvalue weighted by atomic mass is 10.1. The third-order valence-corrected chi connectivity index (χ3v) is 3.40. The molecule has 5 heteroatoms. The van der Waals surface area contributed by atoms with Gasteiger partial charge in [-0.3, -0.25) is 4.79 Å². The molecule has 1 saturated heterocycles. The number of nitrogens with zero attached hydrogens (tertiary/aromatic N) is 1. The predicted molar refractivity (Wildman–Crippen MR) is 80.6 cm³/mol. The Balaban J connectivity index is 2.08. The number of ether oxygens (including phenoxy) is 3. The van der Waals surface area contributed by atoms with E-state index in [2.05, 4.69) is 0 Å². The Morgan fingerprint density at radius 3 is 2.86 bits per heavy atom. The van der Waals surface area contributed by atoms with E-state index in [1.807, 2.05) is 19.1 Å². The van der Waals surface area contributed by atoms with Crippen LogP contribution in [-0.4, -0.2) is 50.8 Å². The molecule has 1 unspecified atom stereocenters. The van der Waals surface area contributed by atoms with Crippen LogP contribution in [0.2, 0.25) is 0 Å². The molecule has 0 spiro atoms. The smallest absolute Gasteiger partial charge is 0.246 e. The molecule has 1 atom stereocenters. The van der Waals surface area contributed by atoms with Crippen molar-refractivity contribution >= 4 is 12.0 Å². The summed E-state index contributed by atoms with van der Waals surface area (Å²) in [6.45, 7) is 3.82. The Labute approximate surface area is 125 Å². The van der Waals surface area contributed by atoms with Gasteiger partial charge in [0.25, 0.3) is 0 Å². The van der Waals surface area contributed by atoms with Gasteiger partial charge in [-0.1, -0.05) is 0 Å². The molecule has 0 N–H and O–H groups in total. The fourth-order valence-corrected chi connectivity index (χ4v) is 2.24. The summed E-state index contributed by atoms with van der Waals surface area (Å²) in [6, 6.07) is 5.49. The van der Waals surface area contributed by atoms with Crippen molar-refractivity contribution in [2.24, 2.45) is 0 Å². The van der Waals surface area contributed by atoms with E-state index in [4.69, 9.17) is 14.2 Å². The molecule has 1 aliphatic rings. The first-order valence-electron chi connectivity index (χ1n) is 6.94. The maximum Gasteiger partial charge on any atom is 0.246 e. The summed E-state index contributed by atoms with van der Waals surface area (Å²) in [5, 5.41) is 0. The van der Waals surface area contributed by atoms with Crippen LogP contribution < -0.4 is 9.47 Å². The van der Waals surface area contributed by atoms with Crippen LogP contribution in [0.4, 0.5) is 0 Å².